The summed E-state index contributed by atoms with van der Waals surface area (Å²) >= 11 is 8.81. The predicted octanol–water partition coefficient (Wildman–Crippen LogP) is 4.34. The number of aryl methyl sites for hydroxylation is 1. The summed E-state index contributed by atoms with van der Waals surface area (Å²) in [6, 6.07) is 7.57. The molecule has 0 saturated carbocycles. The number of thiophene rings is 1. The minimum atomic E-state index is -0.141. The van der Waals surface area contributed by atoms with E-state index in [0.29, 0.717) is 21.5 Å². The summed E-state index contributed by atoms with van der Waals surface area (Å²) < 4.78 is 2.52. The lowest BCUT2D eigenvalue weighted by Gasteiger charge is -2.05. The molecule has 0 fully saturated rings. The number of nitrogens with zero attached hydrogens (tertiary/aromatic N) is 4. The van der Waals surface area contributed by atoms with Crippen molar-refractivity contribution in [2.45, 2.75) is 13.5 Å². The second-order valence-corrected chi connectivity index (χ2v) is 8.43. The lowest BCUT2D eigenvalue weighted by molar-refractivity contribution is 0.0954. The number of pyridine rings is 1. The van der Waals surface area contributed by atoms with Crippen molar-refractivity contribution < 1.29 is 4.79 Å². The van der Waals surface area contributed by atoms with Gasteiger partial charge in [0, 0.05) is 25.1 Å². The number of nitrogens with one attached hydrogen (secondary N) is 1. The molecule has 0 aliphatic heterocycles. The van der Waals surface area contributed by atoms with Gasteiger partial charge < -0.3 is 5.32 Å². The monoisotopic (exact) mass is 415 g/mol. The van der Waals surface area contributed by atoms with E-state index in [1.807, 2.05) is 42.0 Å². The van der Waals surface area contributed by atoms with Gasteiger partial charge in [-0.3, -0.25) is 9.36 Å². The van der Waals surface area contributed by atoms with Gasteiger partial charge in [-0.25, -0.2) is 15.0 Å². The second kappa shape index (κ2) is 7.59. The summed E-state index contributed by atoms with van der Waals surface area (Å²) in [5.41, 5.74) is 1.63. The van der Waals surface area contributed by atoms with Gasteiger partial charge in [-0.05, 0) is 30.7 Å². The van der Waals surface area contributed by atoms with E-state index in [9.17, 15) is 4.79 Å². The maximum atomic E-state index is 12.5. The van der Waals surface area contributed by atoms with Gasteiger partial charge >= 0.3 is 0 Å². The van der Waals surface area contributed by atoms with Crippen LogP contribution in [0.25, 0.3) is 15.7 Å². The number of carbonyl (C=O) groups excluding carboxylic acids is 1. The van der Waals surface area contributed by atoms with Gasteiger partial charge in [0.25, 0.3) is 5.91 Å². The van der Waals surface area contributed by atoms with Gasteiger partial charge in [0.2, 0.25) is 0 Å². The quantitative estimate of drug-likeness (QED) is 0.526. The topological polar surface area (TPSA) is 72.7 Å². The van der Waals surface area contributed by atoms with E-state index in [-0.39, 0.29) is 5.91 Å². The van der Waals surface area contributed by atoms with Gasteiger partial charge in [-0.2, -0.15) is 0 Å². The fraction of sp³-hybridized carbons (Fsp3) is 0.111. The van der Waals surface area contributed by atoms with Crippen molar-refractivity contribution in [3.8, 4) is 15.7 Å². The smallest absolute Gasteiger partial charge is 0.263 e. The second-order valence-electron chi connectivity index (χ2n) is 5.71. The van der Waals surface area contributed by atoms with Crippen molar-refractivity contribution in [1.82, 2.24) is 24.8 Å². The van der Waals surface area contributed by atoms with E-state index in [1.165, 1.54) is 22.7 Å². The molecule has 0 atom stereocenters. The lowest BCUT2D eigenvalue weighted by Crippen LogP contribution is -2.22. The molecule has 0 radical (unpaired) electrons. The van der Waals surface area contributed by atoms with Crippen LogP contribution in [0.1, 0.15) is 20.9 Å². The fourth-order valence-electron chi connectivity index (χ4n) is 2.47. The van der Waals surface area contributed by atoms with E-state index < -0.39 is 0 Å². The Balaban J connectivity index is 1.43. The molecule has 1 amide bonds. The number of amides is 1. The molecule has 0 aliphatic carbocycles. The average molecular weight is 416 g/mol. The molecule has 4 aromatic heterocycles. The van der Waals surface area contributed by atoms with Gasteiger partial charge in [-0.1, -0.05) is 17.7 Å². The molecule has 0 aliphatic rings. The number of rotatable bonds is 5. The highest BCUT2D eigenvalue weighted by atomic mass is 35.5. The van der Waals surface area contributed by atoms with Gasteiger partial charge in [0.15, 0.2) is 0 Å². The fourth-order valence-corrected chi connectivity index (χ4v) is 4.55. The van der Waals surface area contributed by atoms with E-state index >= 15 is 0 Å². The van der Waals surface area contributed by atoms with Crippen LogP contribution in [0.3, 0.4) is 0 Å². The van der Waals surface area contributed by atoms with Crippen LogP contribution < -0.4 is 5.32 Å². The molecular weight excluding hydrogens is 402 g/mol. The Labute approximate surface area is 168 Å². The molecule has 136 valence electrons. The average Bonchev–Trinajstić information content (AvgIpc) is 3.41. The number of hydrogen-bond donors (Lipinski definition) is 1. The molecule has 0 saturated heterocycles. The predicted molar refractivity (Wildman–Crippen MR) is 108 cm³/mol. The largest absolute Gasteiger partial charge is 0.347 e. The van der Waals surface area contributed by atoms with Crippen molar-refractivity contribution >= 4 is 40.2 Å². The summed E-state index contributed by atoms with van der Waals surface area (Å²) in [7, 11) is 0. The molecule has 0 spiro atoms. The maximum absolute atomic E-state index is 12.5. The Morgan fingerprint density at radius 3 is 2.81 bits per heavy atom. The zero-order valence-electron chi connectivity index (χ0n) is 14.2. The highest BCUT2D eigenvalue weighted by molar-refractivity contribution is 7.24. The molecule has 4 aromatic rings. The highest BCUT2D eigenvalue weighted by Crippen LogP contribution is 2.34. The third kappa shape index (κ3) is 3.92. The Hall–Kier alpha value is -2.55. The number of imidazole rings is 1. The van der Waals surface area contributed by atoms with Crippen molar-refractivity contribution in [3.63, 3.8) is 0 Å². The van der Waals surface area contributed by atoms with Crippen LogP contribution in [-0.2, 0) is 6.54 Å². The Morgan fingerprint density at radius 1 is 1.26 bits per heavy atom. The summed E-state index contributed by atoms with van der Waals surface area (Å²) in [5, 5.41) is 3.74. The van der Waals surface area contributed by atoms with Crippen LogP contribution in [-0.4, -0.2) is 25.4 Å². The Bertz CT molecular complexity index is 1070. The van der Waals surface area contributed by atoms with Crippen molar-refractivity contribution in [1.29, 1.82) is 0 Å². The van der Waals surface area contributed by atoms with Crippen LogP contribution in [0.2, 0.25) is 4.34 Å². The van der Waals surface area contributed by atoms with Gasteiger partial charge in [0.05, 0.1) is 14.9 Å². The van der Waals surface area contributed by atoms with Crippen molar-refractivity contribution in [3.05, 3.63) is 69.7 Å². The third-order valence-electron chi connectivity index (χ3n) is 3.82. The van der Waals surface area contributed by atoms with Crippen LogP contribution in [0.15, 0.2) is 49.2 Å². The molecule has 27 heavy (non-hydrogen) atoms. The number of carbonyl (C=O) groups is 1. The molecule has 0 unspecified atom stereocenters. The zero-order chi connectivity index (χ0) is 18.8. The van der Waals surface area contributed by atoms with Crippen LogP contribution in [0, 0.1) is 6.92 Å². The first-order valence-electron chi connectivity index (χ1n) is 8.05. The first-order chi connectivity index (χ1) is 13.1. The Kier molecular flexibility index (Phi) is 5.02. The van der Waals surface area contributed by atoms with Crippen LogP contribution >= 0.6 is 34.3 Å². The van der Waals surface area contributed by atoms with Gasteiger partial charge in [-0.15, -0.1) is 22.7 Å². The van der Waals surface area contributed by atoms with Crippen LogP contribution in [0.4, 0.5) is 0 Å². The minimum Gasteiger partial charge on any atom is -0.347 e. The summed E-state index contributed by atoms with van der Waals surface area (Å²) in [6.45, 7) is 2.24. The van der Waals surface area contributed by atoms with Crippen molar-refractivity contribution in [2.24, 2.45) is 0 Å². The Morgan fingerprint density at radius 2 is 2.15 bits per heavy atom. The number of aromatic nitrogens is 4. The summed E-state index contributed by atoms with van der Waals surface area (Å²) in [5.74, 6) is 0.637. The normalized spacial score (nSPS) is 10.9. The maximum Gasteiger partial charge on any atom is 0.263 e. The van der Waals surface area contributed by atoms with Crippen molar-refractivity contribution in [2.75, 3.05) is 0 Å². The van der Waals surface area contributed by atoms with E-state index in [1.54, 1.807) is 18.7 Å². The molecule has 6 nitrogen and oxygen atoms in total. The molecule has 4 rings (SSSR count). The molecule has 0 aromatic carbocycles. The van der Waals surface area contributed by atoms with E-state index in [0.717, 1.165) is 21.3 Å². The lowest BCUT2D eigenvalue weighted by atomic mass is 10.2. The highest BCUT2D eigenvalue weighted by Gasteiger charge is 2.17. The number of thiazole rings is 1. The summed E-state index contributed by atoms with van der Waals surface area (Å²) in [6.07, 6.45) is 6.96. The van der Waals surface area contributed by atoms with Gasteiger partial charge in [0.1, 0.15) is 22.0 Å². The first-order valence-corrected chi connectivity index (χ1v) is 10.1. The summed E-state index contributed by atoms with van der Waals surface area (Å²) in [4.78, 5) is 27.0. The SMILES string of the molecule is Cc1nc(-c2ccc(Cl)s2)sc1C(=O)NCc1ccc(-n2ccnc2)nc1. The standard InChI is InChI=1S/C18H14ClN5OS2/c1-11-16(27-18(23-11)13-3-4-14(19)26-13)17(25)22-9-12-2-5-15(21-8-12)24-7-6-20-10-24/h2-8,10H,9H2,1H3,(H,22,25). The first kappa shape index (κ1) is 17.8. The molecular formula is C18H14ClN5OS2. The number of halogens is 1. The third-order valence-corrected chi connectivity index (χ3v) is 6.37. The molecule has 9 heteroatoms. The minimum absolute atomic E-state index is 0.141. The molecule has 1 N–H and O–H groups in total. The van der Waals surface area contributed by atoms with Crippen LogP contribution in [0.5, 0.6) is 0 Å². The zero-order valence-corrected chi connectivity index (χ0v) is 16.6. The number of hydrogen-bond acceptors (Lipinski definition) is 6. The van der Waals surface area contributed by atoms with E-state index in [2.05, 4.69) is 20.3 Å². The molecule has 4 heterocycles. The molecule has 0 bridgehead atoms. The van der Waals surface area contributed by atoms with E-state index in [4.69, 9.17) is 11.6 Å².